The molecule has 2 fully saturated rings. The van der Waals surface area contributed by atoms with Crippen molar-refractivity contribution < 1.29 is 29.3 Å². The Kier molecular flexibility index (Phi) is 6.00. The molecule has 5 unspecified atom stereocenters. The zero-order chi connectivity index (χ0) is 23.8. The first-order chi connectivity index (χ1) is 16.4. The van der Waals surface area contributed by atoms with Crippen molar-refractivity contribution in [3.63, 3.8) is 0 Å². The van der Waals surface area contributed by atoms with Gasteiger partial charge in [-0.3, -0.25) is 4.79 Å². The lowest BCUT2D eigenvalue weighted by Crippen LogP contribution is -2.51. The van der Waals surface area contributed by atoms with Crippen LogP contribution in [0.4, 0.5) is 4.79 Å². The van der Waals surface area contributed by atoms with Crippen LogP contribution in [0.5, 0.6) is 0 Å². The molecule has 2 aromatic rings. The molecule has 3 aliphatic carbocycles. The number of carbonyl (C=O) groups excluding carboxylic acids is 2. The number of rotatable bonds is 7. The number of amides is 2. The predicted molar refractivity (Wildman–Crippen MR) is 123 cm³/mol. The molecule has 0 aliphatic heterocycles. The van der Waals surface area contributed by atoms with Crippen LogP contribution >= 0.6 is 0 Å². The summed E-state index contributed by atoms with van der Waals surface area (Å²) in [6.45, 7) is -0.165. The lowest BCUT2D eigenvalue weighted by atomic mass is 9.83. The molecule has 2 bridgehead atoms. The molecule has 8 heteroatoms. The molecule has 8 nitrogen and oxygen atoms in total. The van der Waals surface area contributed by atoms with Gasteiger partial charge in [0.25, 0.3) is 0 Å². The Morgan fingerprint density at radius 3 is 2.24 bits per heavy atom. The highest BCUT2D eigenvalue weighted by atomic mass is 16.5. The fourth-order valence-corrected chi connectivity index (χ4v) is 6.05. The Morgan fingerprint density at radius 1 is 0.971 bits per heavy atom. The van der Waals surface area contributed by atoms with Crippen molar-refractivity contribution in [2.45, 2.75) is 37.3 Å². The molecule has 0 aromatic heterocycles. The van der Waals surface area contributed by atoms with Crippen LogP contribution < -0.4 is 10.6 Å². The molecule has 2 saturated carbocycles. The monoisotopic (exact) mass is 464 g/mol. The first-order valence-electron chi connectivity index (χ1n) is 11.7. The summed E-state index contributed by atoms with van der Waals surface area (Å²) in [5.74, 6) is -1.91. The molecule has 0 heterocycles. The number of ether oxygens (including phenoxy) is 1. The summed E-state index contributed by atoms with van der Waals surface area (Å²) >= 11 is 0. The zero-order valence-electron chi connectivity index (χ0n) is 18.6. The van der Waals surface area contributed by atoms with Gasteiger partial charge in [0.1, 0.15) is 6.61 Å². The van der Waals surface area contributed by atoms with E-state index >= 15 is 0 Å². The van der Waals surface area contributed by atoms with Crippen LogP contribution in [0.15, 0.2) is 48.5 Å². The first-order valence-corrected chi connectivity index (χ1v) is 11.7. The number of aliphatic hydroxyl groups excluding tert-OH is 1. The van der Waals surface area contributed by atoms with E-state index in [0.29, 0.717) is 0 Å². The standard InChI is InChI=1S/C26H28N2O6/c29-21(25(31)32)12-27-24(30)22-14-9-10-15(11-14)23(22)28-26(33)34-13-20-18-7-3-1-5-16(18)17-6-2-4-8-19(17)20/h1-8,14-15,20-23,29H,9-13H2,(H,27,30)(H,28,33)(H,31,32). The van der Waals surface area contributed by atoms with Crippen LogP contribution in [0.3, 0.4) is 0 Å². The van der Waals surface area contributed by atoms with E-state index < -0.39 is 24.1 Å². The smallest absolute Gasteiger partial charge is 0.407 e. The third kappa shape index (κ3) is 4.03. The van der Waals surface area contributed by atoms with E-state index in [2.05, 4.69) is 34.9 Å². The minimum absolute atomic E-state index is 0.0465. The summed E-state index contributed by atoms with van der Waals surface area (Å²) in [4.78, 5) is 36.4. The van der Waals surface area contributed by atoms with Gasteiger partial charge in [-0.15, -0.1) is 0 Å². The summed E-state index contributed by atoms with van der Waals surface area (Å²) in [6.07, 6.45) is 0.459. The zero-order valence-corrected chi connectivity index (χ0v) is 18.6. The van der Waals surface area contributed by atoms with Crippen molar-refractivity contribution in [3.8, 4) is 11.1 Å². The Hall–Kier alpha value is -3.39. The molecule has 5 rings (SSSR count). The van der Waals surface area contributed by atoms with Crippen LogP contribution in [0.2, 0.25) is 0 Å². The molecule has 0 spiro atoms. The molecular formula is C26H28N2O6. The van der Waals surface area contributed by atoms with Crippen molar-refractivity contribution in [1.29, 1.82) is 0 Å². The van der Waals surface area contributed by atoms with Crippen LogP contribution in [0.1, 0.15) is 36.3 Å². The van der Waals surface area contributed by atoms with E-state index in [-0.39, 0.29) is 42.9 Å². The minimum Gasteiger partial charge on any atom is -0.479 e. The summed E-state index contributed by atoms with van der Waals surface area (Å²) in [6, 6.07) is 15.9. The average Bonchev–Trinajstić information content (AvgIpc) is 3.53. The Morgan fingerprint density at radius 2 is 1.59 bits per heavy atom. The van der Waals surface area contributed by atoms with Gasteiger partial charge >= 0.3 is 12.1 Å². The van der Waals surface area contributed by atoms with Crippen LogP contribution in [0.25, 0.3) is 11.1 Å². The summed E-state index contributed by atoms with van der Waals surface area (Å²) in [5, 5.41) is 23.8. The molecular weight excluding hydrogens is 436 g/mol. The molecule has 5 atom stereocenters. The number of carbonyl (C=O) groups is 3. The molecule has 3 aliphatic rings. The second-order valence-electron chi connectivity index (χ2n) is 9.45. The van der Waals surface area contributed by atoms with Gasteiger partial charge in [-0.2, -0.15) is 0 Å². The maximum atomic E-state index is 12.8. The number of carboxylic acids is 1. The number of nitrogens with one attached hydrogen (secondary N) is 2. The van der Waals surface area contributed by atoms with E-state index in [4.69, 9.17) is 9.84 Å². The van der Waals surface area contributed by atoms with Gasteiger partial charge in [-0.25, -0.2) is 9.59 Å². The number of alkyl carbamates (subject to hydrolysis) is 1. The minimum atomic E-state index is -1.66. The van der Waals surface area contributed by atoms with E-state index in [1.165, 1.54) is 0 Å². The van der Waals surface area contributed by atoms with Gasteiger partial charge < -0.3 is 25.6 Å². The number of aliphatic hydroxyl groups is 1. The first kappa shape index (κ1) is 22.4. The van der Waals surface area contributed by atoms with Crippen LogP contribution in [0, 0.1) is 17.8 Å². The quantitative estimate of drug-likeness (QED) is 0.499. The fourth-order valence-electron chi connectivity index (χ4n) is 6.05. The SMILES string of the molecule is O=C(NC1C2CCC(C2)C1C(=O)NCC(O)C(=O)O)OCC1c2ccccc2-c2ccccc21. The lowest BCUT2D eigenvalue weighted by molar-refractivity contribution is -0.146. The molecule has 178 valence electrons. The van der Waals surface area contributed by atoms with Crippen molar-refractivity contribution >= 4 is 18.0 Å². The van der Waals surface area contributed by atoms with Crippen molar-refractivity contribution in [3.05, 3.63) is 59.7 Å². The highest BCUT2D eigenvalue weighted by Gasteiger charge is 2.51. The van der Waals surface area contributed by atoms with E-state index in [1.807, 2.05) is 24.3 Å². The summed E-state index contributed by atoms with van der Waals surface area (Å²) < 4.78 is 5.67. The molecule has 2 amide bonds. The predicted octanol–water partition coefficient (Wildman–Crippen LogP) is 2.50. The number of hydrogen-bond acceptors (Lipinski definition) is 5. The third-order valence-electron chi connectivity index (χ3n) is 7.60. The Bertz CT molecular complexity index is 1070. The van der Waals surface area contributed by atoms with E-state index in [9.17, 15) is 19.5 Å². The number of benzene rings is 2. The third-order valence-corrected chi connectivity index (χ3v) is 7.60. The van der Waals surface area contributed by atoms with Gasteiger partial charge in [0.05, 0.1) is 12.5 Å². The number of hydrogen-bond donors (Lipinski definition) is 4. The molecule has 0 saturated heterocycles. The molecule has 0 radical (unpaired) electrons. The fraction of sp³-hybridized carbons (Fsp3) is 0.423. The van der Waals surface area contributed by atoms with Gasteiger partial charge in [-0.05, 0) is 53.4 Å². The van der Waals surface area contributed by atoms with Gasteiger partial charge in [-0.1, -0.05) is 48.5 Å². The molecule has 2 aromatic carbocycles. The van der Waals surface area contributed by atoms with Crippen LogP contribution in [-0.2, 0) is 14.3 Å². The van der Waals surface area contributed by atoms with Crippen molar-refractivity contribution in [1.82, 2.24) is 10.6 Å². The highest BCUT2D eigenvalue weighted by molar-refractivity contribution is 5.83. The maximum Gasteiger partial charge on any atom is 0.407 e. The second kappa shape index (κ2) is 9.10. The molecule has 4 N–H and O–H groups in total. The largest absolute Gasteiger partial charge is 0.479 e. The summed E-state index contributed by atoms with van der Waals surface area (Å²) in [5.41, 5.74) is 4.57. The maximum absolute atomic E-state index is 12.8. The lowest BCUT2D eigenvalue weighted by Gasteiger charge is -2.30. The molecule has 34 heavy (non-hydrogen) atoms. The Balaban J connectivity index is 1.23. The normalized spacial score (nSPS) is 25.3. The van der Waals surface area contributed by atoms with Gasteiger partial charge in [0.15, 0.2) is 6.10 Å². The van der Waals surface area contributed by atoms with Crippen molar-refractivity contribution in [2.24, 2.45) is 17.8 Å². The number of aliphatic carboxylic acids is 1. The number of carboxylic acid groups (broad SMARTS) is 1. The van der Waals surface area contributed by atoms with Gasteiger partial charge in [0.2, 0.25) is 5.91 Å². The van der Waals surface area contributed by atoms with Gasteiger partial charge in [0, 0.05) is 12.0 Å². The van der Waals surface area contributed by atoms with Crippen LogP contribution in [-0.4, -0.2) is 53.5 Å². The highest BCUT2D eigenvalue weighted by Crippen LogP contribution is 2.49. The van der Waals surface area contributed by atoms with E-state index in [1.54, 1.807) is 0 Å². The second-order valence-corrected chi connectivity index (χ2v) is 9.45. The van der Waals surface area contributed by atoms with Crippen molar-refractivity contribution in [2.75, 3.05) is 13.2 Å². The number of fused-ring (bicyclic) bond motifs is 5. The average molecular weight is 465 g/mol. The Labute approximate surface area is 197 Å². The summed E-state index contributed by atoms with van der Waals surface area (Å²) in [7, 11) is 0. The topological polar surface area (TPSA) is 125 Å². The van der Waals surface area contributed by atoms with E-state index in [0.717, 1.165) is 41.5 Å².